The Morgan fingerprint density at radius 2 is 2.15 bits per heavy atom. The van der Waals surface area contributed by atoms with Gasteiger partial charge in [0.15, 0.2) is 6.29 Å². The third kappa shape index (κ3) is 3.23. The van der Waals surface area contributed by atoms with Crippen LogP contribution in [0.1, 0.15) is 13.3 Å². The third-order valence-corrected chi connectivity index (χ3v) is 2.44. The van der Waals surface area contributed by atoms with Crippen LogP contribution in [0.2, 0.25) is 0 Å². The number of hydrogen-bond donors (Lipinski definition) is 1. The van der Waals surface area contributed by atoms with E-state index in [-0.39, 0.29) is 11.8 Å². The standard InChI is InChI=1S/C9H19NO3/c1-9(4-5-13-7-9)10-6-8(11-2)12-3/h8,10H,4-7H2,1-3H3. The van der Waals surface area contributed by atoms with Gasteiger partial charge in [0.1, 0.15) is 0 Å². The van der Waals surface area contributed by atoms with Crippen LogP contribution in [-0.2, 0) is 14.2 Å². The summed E-state index contributed by atoms with van der Waals surface area (Å²) < 4.78 is 15.5. The molecule has 1 atom stereocenters. The minimum atomic E-state index is -0.169. The van der Waals surface area contributed by atoms with Gasteiger partial charge in [-0.05, 0) is 13.3 Å². The molecule has 0 amide bonds. The number of nitrogens with one attached hydrogen (secondary N) is 1. The molecule has 4 nitrogen and oxygen atoms in total. The van der Waals surface area contributed by atoms with E-state index in [2.05, 4.69) is 12.2 Å². The second-order valence-electron chi connectivity index (χ2n) is 3.65. The zero-order valence-electron chi connectivity index (χ0n) is 8.63. The van der Waals surface area contributed by atoms with Crippen LogP contribution in [-0.4, -0.2) is 45.8 Å². The van der Waals surface area contributed by atoms with Gasteiger partial charge in [0.2, 0.25) is 0 Å². The van der Waals surface area contributed by atoms with Gasteiger partial charge in [0.25, 0.3) is 0 Å². The monoisotopic (exact) mass is 189 g/mol. The van der Waals surface area contributed by atoms with E-state index in [0.717, 1.165) is 19.6 Å². The molecule has 1 saturated heterocycles. The lowest BCUT2D eigenvalue weighted by atomic mass is 10.0. The summed E-state index contributed by atoms with van der Waals surface area (Å²) in [6.07, 6.45) is 0.880. The normalized spacial score (nSPS) is 28.6. The van der Waals surface area contributed by atoms with Crippen molar-refractivity contribution in [2.75, 3.05) is 34.0 Å². The fourth-order valence-corrected chi connectivity index (χ4v) is 1.40. The highest BCUT2D eigenvalue weighted by Crippen LogP contribution is 2.17. The van der Waals surface area contributed by atoms with Crippen molar-refractivity contribution in [3.8, 4) is 0 Å². The SMILES string of the molecule is COC(CNC1(C)CCOC1)OC. The Labute approximate surface area is 79.5 Å². The Morgan fingerprint density at radius 3 is 2.62 bits per heavy atom. The summed E-state index contributed by atoms with van der Waals surface area (Å²) in [6.45, 7) is 4.47. The average Bonchev–Trinajstić information content (AvgIpc) is 2.55. The molecule has 0 bridgehead atoms. The van der Waals surface area contributed by atoms with Crippen LogP contribution < -0.4 is 5.32 Å². The van der Waals surface area contributed by atoms with Gasteiger partial charge in [-0.3, -0.25) is 0 Å². The van der Waals surface area contributed by atoms with Gasteiger partial charge in [-0.1, -0.05) is 0 Å². The van der Waals surface area contributed by atoms with E-state index in [4.69, 9.17) is 14.2 Å². The van der Waals surface area contributed by atoms with Crippen molar-refractivity contribution >= 4 is 0 Å². The molecule has 0 aromatic heterocycles. The van der Waals surface area contributed by atoms with Crippen molar-refractivity contribution in [3.05, 3.63) is 0 Å². The zero-order valence-corrected chi connectivity index (χ0v) is 8.63. The van der Waals surface area contributed by atoms with Crippen molar-refractivity contribution in [2.45, 2.75) is 25.2 Å². The summed E-state index contributed by atoms with van der Waals surface area (Å²) in [7, 11) is 3.28. The fraction of sp³-hybridized carbons (Fsp3) is 1.00. The van der Waals surface area contributed by atoms with Gasteiger partial charge in [0, 0.05) is 32.9 Å². The molecule has 0 aliphatic carbocycles. The molecule has 1 unspecified atom stereocenters. The van der Waals surface area contributed by atoms with E-state index in [1.54, 1.807) is 14.2 Å². The van der Waals surface area contributed by atoms with E-state index >= 15 is 0 Å². The maximum absolute atomic E-state index is 5.32. The van der Waals surface area contributed by atoms with Gasteiger partial charge in [0.05, 0.1) is 6.61 Å². The minimum Gasteiger partial charge on any atom is -0.379 e. The highest BCUT2D eigenvalue weighted by molar-refractivity contribution is 4.86. The first-order valence-corrected chi connectivity index (χ1v) is 4.58. The Morgan fingerprint density at radius 1 is 1.46 bits per heavy atom. The molecule has 1 aliphatic rings. The average molecular weight is 189 g/mol. The van der Waals surface area contributed by atoms with E-state index in [9.17, 15) is 0 Å². The first kappa shape index (κ1) is 10.9. The van der Waals surface area contributed by atoms with Crippen LogP contribution in [0, 0.1) is 0 Å². The van der Waals surface area contributed by atoms with Crippen LogP contribution >= 0.6 is 0 Å². The summed E-state index contributed by atoms with van der Waals surface area (Å²) in [4.78, 5) is 0. The highest BCUT2D eigenvalue weighted by Gasteiger charge is 2.29. The first-order chi connectivity index (χ1) is 6.20. The molecule has 4 heteroatoms. The van der Waals surface area contributed by atoms with Gasteiger partial charge >= 0.3 is 0 Å². The Hall–Kier alpha value is -0.160. The van der Waals surface area contributed by atoms with Crippen molar-refractivity contribution in [1.29, 1.82) is 0 Å². The predicted octanol–water partition coefficient (Wildman–Crippen LogP) is 0.374. The third-order valence-electron chi connectivity index (χ3n) is 2.44. The van der Waals surface area contributed by atoms with E-state index in [1.807, 2.05) is 0 Å². The van der Waals surface area contributed by atoms with Crippen LogP contribution in [0.3, 0.4) is 0 Å². The maximum Gasteiger partial charge on any atom is 0.169 e. The minimum absolute atomic E-state index is 0.0926. The summed E-state index contributed by atoms with van der Waals surface area (Å²) in [5, 5.41) is 3.38. The molecule has 1 fully saturated rings. The quantitative estimate of drug-likeness (QED) is 0.634. The molecule has 1 aliphatic heterocycles. The van der Waals surface area contributed by atoms with E-state index < -0.39 is 0 Å². The van der Waals surface area contributed by atoms with Crippen molar-refractivity contribution in [1.82, 2.24) is 5.32 Å². The van der Waals surface area contributed by atoms with Gasteiger partial charge < -0.3 is 19.5 Å². The number of hydrogen-bond acceptors (Lipinski definition) is 4. The van der Waals surface area contributed by atoms with Gasteiger partial charge in [-0.25, -0.2) is 0 Å². The Kier molecular flexibility index (Phi) is 4.12. The second kappa shape index (κ2) is 4.91. The molecule has 0 spiro atoms. The topological polar surface area (TPSA) is 39.7 Å². The largest absolute Gasteiger partial charge is 0.379 e. The summed E-state index contributed by atoms with van der Waals surface area (Å²) >= 11 is 0. The lowest BCUT2D eigenvalue weighted by molar-refractivity contribution is -0.102. The molecule has 1 heterocycles. The van der Waals surface area contributed by atoms with E-state index in [0.29, 0.717) is 6.54 Å². The predicted molar refractivity (Wildman–Crippen MR) is 49.6 cm³/mol. The molecule has 1 rings (SSSR count). The lowest BCUT2D eigenvalue weighted by Crippen LogP contribution is -2.46. The Balaban J connectivity index is 2.23. The van der Waals surface area contributed by atoms with Gasteiger partial charge in [-0.15, -0.1) is 0 Å². The maximum atomic E-state index is 5.32. The highest BCUT2D eigenvalue weighted by atomic mass is 16.7. The lowest BCUT2D eigenvalue weighted by Gasteiger charge is -2.25. The molecule has 0 aromatic rings. The Bertz CT molecular complexity index is 142. The van der Waals surface area contributed by atoms with Crippen molar-refractivity contribution in [3.63, 3.8) is 0 Å². The first-order valence-electron chi connectivity index (χ1n) is 4.58. The number of rotatable bonds is 5. The number of methoxy groups -OCH3 is 2. The van der Waals surface area contributed by atoms with Crippen molar-refractivity contribution in [2.24, 2.45) is 0 Å². The van der Waals surface area contributed by atoms with Crippen molar-refractivity contribution < 1.29 is 14.2 Å². The molecule has 0 aromatic carbocycles. The van der Waals surface area contributed by atoms with Crippen LogP contribution in [0.4, 0.5) is 0 Å². The summed E-state index contributed by atoms with van der Waals surface area (Å²) in [6, 6.07) is 0. The molecule has 1 N–H and O–H groups in total. The van der Waals surface area contributed by atoms with Crippen LogP contribution in [0.5, 0.6) is 0 Å². The van der Waals surface area contributed by atoms with Crippen LogP contribution in [0.25, 0.3) is 0 Å². The smallest absolute Gasteiger partial charge is 0.169 e. The molecule has 0 saturated carbocycles. The zero-order chi connectivity index (χ0) is 9.73. The second-order valence-corrected chi connectivity index (χ2v) is 3.65. The summed E-state index contributed by atoms with van der Waals surface area (Å²) in [5.41, 5.74) is 0.0926. The van der Waals surface area contributed by atoms with Crippen LogP contribution in [0.15, 0.2) is 0 Å². The molecule has 13 heavy (non-hydrogen) atoms. The summed E-state index contributed by atoms with van der Waals surface area (Å²) in [5.74, 6) is 0. The molecular formula is C9H19NO3. The van der Waals surface area contributed by atoms with Gasteiger partial charge in [-0.2, -0.15) is 0 Å². The van der Waals surface area contributed by atoms with E-state index in [1.165, 1.54) is 0 Å². The number of ether oxygens (including phenoxy) is 3. The molecular weight excluding hydrogens is 170 g/mol. The molecule has 78 valence electrons. The fourth-order valence-electron chi connectivity index (χ4n) is 1.40. The molecule has 0 radical (unpaired) electrons.